The molecule has 0 unspecified atom stereocenters. The van der Waals surface area contributed by atoms with Gasteiger partial charge in [-0.25, -0.2) is 4.79 Å². The summed E-state index contributed by atoms with van der Waals surface area (Å²) in [5.41, 5.74) is 2.91. The molecule has 0 aliphatic rings. The summed E-state index contributed by atoms with van der Waals surface area (Å²) in [7, 11) is 0. The van der Waals surface area contributed by atoms with Gasteiger partial charge in [0, 0.05) is 18.3 Å². The third kappa shape index (κ3) is 5.38. The average molecular weight is 402 g/mol. The highest BCUT2D eigenvalue weighted by Gasteiger charge is 2.15. The van der Waals surface area contributed by atoms with Crippen LogP contribution in [0.25, 0.3) is 0 Å². The highest BCUT2D eigenvalue weighted by molar-refractivity contribution is 5.91. The van der Waals surface area contributed by atoms with E-state index in [1.54, 1.807) is 54.7 Å². The number of nitro groups is 1. The Balaban J connectivity index is 1.65. The van der Waals surface area contributed by atoms with Crippen LogP contribution < -0.4 is 4.74 Å². The third-order valence-corrected chi connectivity index (χ3v) is 4.48. The summed E-state index contributed by atoms with van der Waals surface area (Å²) < 4.78 is 5.42. The summed E-state index contributed by atoms with van der Waals surface area (Å²) in [6.07, 6.45) is 1.55. The molecule has 3 aromatic rings. The summed E-state index contributed by atoms with van der Waals surface area (Å²) in [5.74, 6) is -0.0162. The quantitative estimate of drug-likeness (QED) is 0.176. The van der Waals surface area contributed by atoms with Gasteiger partial charge in [0.1, 0.15) is 5.75 Å². The van der Waals surface area contributed by atoms with Crippen LogP contribution in [0.5, 0.6) is 5.75 Å². The topological polar surface area (TPSA) is 81.8 Å². The van der Waals surface area contributed by atoms with E-state index >= 15 is 0 Å². The number of hydrogen-bond acceptors (Lipinski definition) is 5. The van der Waals surface area contributed by atoms with Gasteiger partial charge in [-0.05, 0) is 52.9 Å². The third-order valence-electron chi connectivity index (χ3n) is 4.48. The van der Waals surface area contributed by atoms with E-state index in [1.165, 1.54) is 12.1 Å². The van der Waals surface area contributed by atoms with Crippen molar-refractivity contribution < 1.29 is 14.5 Å². The van der Waals surface area contributed by atoms with E-state index in [0.29, 0.717) is 22.6 Å². The van der Waals surface area contributed by atoms with Crippen LogP contribution in [0, 0.1) is 10.1 Å². The van der Waals surface area contributed by atoms with Crippen LogP contribution in [-0.4, -0.2) is 17.1 Å². The molecule has 6 heteroatoms. The molecule has 0 radical (unpaired) electrons. The number of carbonyl (C=O) groups excluding carboxylic acids is 1. The molecule has 0 saturated carbocycles. The van der Waals surface area contributed by atoms with Crippen molar-refractivity contribution in [3.05, 3.63) is 99.6 Å². The minimum Gasteiger partial charge on any atom is -0.423 e. The van der Waals surface area contributed by atoms with Crippen LogP contribution in [0.4, 0.5) is 11.4 Å². The standard InChI is InChI=1S/C24H22N2O4/c1-24(2,3)19-9-7-18(8-10-19)23(27)30-22-13-11-20(12-14-22)25-16-17-5-4-6-21(15-17)26(28)29/h4-16H,1-3H3. The zero-order valence-electron chi connectivity index (χ0n) is 17.0. The van der Waals surface area contributed by atoms with E-state index in [9.17, 15) is 14.9 Å². The fraction of sp³-hybridized carbons (Fsp3) is 0.167. The summed E-state index contributed by atoms with van der Waals surface area (Å²) in [4.78, 5) is 27.0. The van der Waals surface area contributed by atoms with Gasteiger partial charge in [0.05, 0.1) is 16.2 Å². The van der Waals surface area contributed by atoms with Crippen molar-refractivity contribution in [2.75, 3.05) is 0 Å². The van der Waals surface area contributed by atoms with Crippen LogP contribution in [0.15, 0.2) is 77.8 Å². The maximum Gasteiger partial charge on any atom is 0.343 e. The maximum absolute atomic E-state index is 12.4. The number of hydrogen-bond donors (Lipinski definition) is 0. The largest absolute Gasteiger partial charge is 0.423 e. The summed E-state index contributed by atoms with van der Waals surface area (Å²) in [6, 6.07) is 20.3. The van der Waals surface area contributed by atoms with Gasteiger partial charge in [-0.1, -0.05) is 45.0 Å². The van der Waals surface area contributed by atoms with E-state index in [0.717, 1.165) is 5.56 Å². The molecule has 0 heterocycles. The number of rotatable bonds is 5. The number of nitrogens with zero attached hydrogens (tertiary/aromatic N) is 2. The van der Waals surface area contributed by atoms with E-state index in [-0.39, 0.29) is 11.1 Å². The van der Waals surface area contributed by atoms with Crippen LogP contribution in [-0.2, 0) is 5.41 Å². The highest BCUT2D eigenvalue weighted by atomic mass is 16.6. The molecule has 0 saturated heterocycles. The van der Waals surface area contributed by atoms with E-state index < -0.39 is 10.9 Å². The minimum absolute atomic E-state index is 0.0109. The molecule has 0 spiro atoms. The maximum atomic E-state index is 12.4. The van der Waals surface area contributed by atoms with Crippen molar-refractivity contribution in [2.24, 2.45) is 4.99 Å². The van der Waals surface area contributed by atoms with Crippen LogP contribution in [0.3, 0.4) is 0 Å². The van der Waals surface area contributed by atoms with Crippen molar-refractivity contribution >= 4 is 23.6 Å². The molecule has 0 atom stereocenters. The number of nitro benzene ring substituents is 1. The molecule has 152 valence electrons. The second kappa shape index (κ2) is 8.69. The lowest BCUT2D eigenvalue weighted by molar-refractivity contribution is -0.384. The van der Waals surface area contributed by atoms with Gasteiger partial charge in [-0.2, -0.15) is 0 Å². The lowest BCUT2D eigenvalue weighted by Gasteiger charge is -2.18. The first kappa shape index (κ1) is 20.9. The molecule has 0 N–H and O–H groups in total. The monoisotopic (exact) mass is 402 g/mol. The molecule has 3 aromatic carbocycles. The Bertz CT molecular complexity index is 1080. The van der Waals surface area contributed by atoms with Crippen molar-refractivity contribution in [2.45, 2.75) is 26.2 Å². The number of non-ortho nitro benzene ring substituents is 1. The highest BCUT2D eigenvalue weighted by Crippen LogP contribution is 2.23. The number of benzene rings is 3. The van der Waals surface area contributed by atoms with Crippen LogP contribution in [0.2, 0.25) is 0 Å². The Hall–Kier alpha value is -3.80. The number of ether oxygens (including phenoxy) is 1. The number of esters is 1. The van der Waals surface area contributed by atoms with E-state index in [4.69, 9.17) is 4.74 Å². The van der Waals surface area contributed by atoms with Crippen molar-refractivity contribution in [1.82, 2.24) is 0 Å². The molecular weight excluding hydrogens is 380 g/mol. The van der Waals surface area contributed by atoms with Gasteiger partial charge in [0.15, 0.2) is 0 Å². The van der Waals surface area contributed by atoms with Gasteiger partial charge in [0.2, 0.25) is 0 Å². The number of aliphatic imine (C=N–C) groups is 1. The first-order chi connectivity index (χ1) is 14.2. The Morgan fingerprint density at radius 2 is 1.67 bits per heavy atom. The fourth-order valence-corrected chi connectivity index (χ4v) is 2.74. The van der Waals surface area contributed by atoms with Gasteiger partial charge in [-0.3, -0.25) is 15.1 Å². The average Bonchev–Trinajstić information content (AvgIpc) is 2.73. The Morgan fingerprint density at radius 1 is 1.00 bits per heavy atom. The normalized spacial score (nSPS) is 11.4. The molecule has 3 rings (SSSR count). The predicted molar refractivity (Wildman–Crippen MR) is 117 cm³/mol. The molecule has 0 bridgehead atoms. The summed E-state index contributed by atoms with van der Waals surface area (Å²) in [6.45, 7) is 6.34. The molecule has 0 aliphatic carbocycles. The molecule has 6 nitrogen and oxygen atoms in total. The SMILES string of the molecule is CC(C)(C)c1ccc(C(=O)Oc2ccc(N=Cc3cccc([N+](=O)[O-])c3)cc2)cc1. The summed E-state index contributed by atoms with van der Waals surface area (Å²) in [5, 5.41) is 10.8. The summed E-state index contributed by atoms with van der Waals surface area (Å²) >= 11 is 0. The first-order valence-corrected chi connectivity index (χ1v) is 9.44. The van der Waals surface area contributed by atoms with Gasteiger partial charge < -0.3 is 4.74 Å². The van der Waals surface area contributed by atoms with E-state index in [2.05, 4.69) is 25.8 Å². The molecule has 0 aromatic heterocycles. The molecule has 0 fully saturated rings. The van der Waals surface area contributed by atoms with Gasteiger partial charge in [0.25, 0.3) is 5.69 Å². The smallest absolute Gasteiger partial charge is 0.343 e. The van der Waals surface area contributed by atoms with Crippen molar-refractivity contribution in [3.8, 4) is 5.75 Å². The zero-order valence-corrected chi connectivity index (χ0v) is 17.0. The fourth-order valence-electron chi connectivity index (χ4n) is 2.74. The van der Waals surface area contributed by atoms with Crippen molar-refractivity contribution in [1.29, 1.82) is 0 Å². The molecule has 0 aliphatic heterocycles. The Morgan fingerprint density at radius 3 is 2.27 bits per heavy atom. The number of carbonyl (C=O) groups is 1. The van der Waals surface area contributed by atoms with Crippen LogP contribution >= 0.6 is 0 Å². The molecular formula is C24H22N2O4. The molecule has 30 heavy (non-hydrogen) atoms. The lowest BCUT2D eigenvalue weighted by atomic mass is 9.87. The van der Waals surface area contributed by atoms with Crippen molar-refractivity contribution in [3.63, 3.8) is 0 Å². The molecule has 0 amide bonds. The minimum atomic E-state index is -0.447. The van der Waals surface area contributed by atoms with Crippen LogP contribution in [0.1, 0.15) is 42.3 Å². The van der Waals surface area contributed by atoms with Gasteiger partial charge >= 0.3 is 5.97 Å². The van der Waals surface area contributed by atoms with Gasteiger partial charge in [-0.15, -0.1) is 0 Å². The second-order valence-corrected chi connectivity index (χ2v) is 7.82. The predicted octanol–water partition coefficient (Wildman–Crippen LogP) is 5.86. The Labute approximate surface area is 175 Å². The lowest BCUT2D eigenvalue weighted by Crippen LogP contribution is -2.12. The second-order valence-electron chi connectivity index (χ2n) is 7.82. The zero-order chi connectivity index (χ0) is 21.7. The first-order valence-electron chi connectivity index (χ1n) is 9.44. The van der Waals surface area contributed by atoms with E-state index in [1.807, 2.05) is 12.1 Å². The Kier molecular flexibility index (Phi) is 6.06.